The molecule has 0 bridgehead atoms. The van der Waals surface area contributed by atoms with Gasteiger partial charge in [0.1, 0.15) is 0 Å². The highest BCUT2D eigenvalue weighted by molar-refractivity contribution is 7.13. The Morgan fingerprint density at radius 2 is 2.17 bits per heavy atom. The average Bonchev–Trinajstić information content (AvgIpc) is 3.09. The number of rotatable bonds is 3. The van der Waals surface area contributed by atoms with Crippen LogP contribution in [0.15, 0.2) is 35.7 Å². The summed E-state index contributed by atoms with van der Waals surface area (Å²) >= 11 is 1.48. The summed E-state index contributed by atoms with van der Waals surface area (Å²) in [5.41, 5.74) is 2.21. The monoisotopic (exact) mass is 258 g/mol. The first kappa shape index (κ1) is 11.4. The van der Waals surface area contributed by atoms with E-state index in [0.29, 0.717) is 11.0 Å². The van der Waals surface area contributed by atoms with Gasteiger partial charge in [0.05, 0.1) is 5.69 Å². The van der Waals surface area contributed by atoms with Crippen molar-refractivity contribution < 1.29 is 4.79 Å². The molecule has 1 aromatic heterocycles. The van der Waals surface area contributed by atoms with Gasteiger partial charge in [-0.2, -0.15) is 0 Å². The molecule has 18 heavy (non-hydrogen) atoms. The van der Waals surface area contributed by atoms with E-state index in [-0.39, 0.29) is 11.8 Å². The van der Waals surface area contributed by atoms with E-state index in [1.807, 2.05) is 30.5 Å². The third-order valence-electron chi connectivity index (χ3n) is 3.20. The molecule has 1 aliphatic rings. The van der Waals surface area contributed by atoms with E-state index in [1.165, 1.54) is 16.9 Å². The van der Waals surface area contributed by atoms with Crippen LogP contribution in [0.25, 0.3) is 0 Å². The normalized spacial score (nSPS) is 21.6. The molecule has 0 saturated heterocycles. The summed E-state index contributed by atoms with van der Waals surface area (Å²) in [6.07, 6.45) is 0.945. The Balaban J connectivity index is 1.63. The van der Waals surface area contributed by atoms with E-state index in [0.717, 1.165) is 12.1 Å². The van der Waals surface area contributed by atoms with Crippen LogP contribution in [-0.2, 0) is 4.79 Å². The summed E-state index contributed by atoms with van der Waals surface area (Å²) in [4.78, 5) is 16.3. The third kappa shape index (κ3) is 2.29. The maximum absolute atomic E-state index is 12.0. The predicted octanol–water partition coefficient (Wildman–Crippen LogP) is 3.19. The highest BCUT2D eigenvalue weighted by atomic mass is 32.1. The first-order chi connectivity index (χ1) is 8.74. The molecule has 1 aliphatic carbocycles. The first-order valence-corrected chi connectivity index (χ1v) is 6.90. The molecular formula is C14H14N2OS. The molecule has 1 N–H and O–H groups in total. The van der Waals surface area contributed by atoms with Gasteiger partial charge in [-0.05, 0) is 24.8 Å². The summed E-state index contributed by atoms with van der Waals surface area (Å²) in [5, 5.41) is 5.54. The number of aromatic nitrogens is 1. The third-order valence-corrected chi connectivity index (χ3v) is 4.08. The fourth-order valence-electron chi connectivity index (χ4n) is 2.16. The number of thiazole rings is 1. The van der Waals surface area contributed by atoms with Gasteiger partial charge in [-0.3, -0.25) is 4.79 Å². The lowest BCUT2D eigenvalue weighted by Gasteiger charge is -2.01. The molecule has 1 fully saturated rings. The van der Waals surface area contributed by atoms with Gasteiger partial charge in [-0.1, -0.05) is 30.3 Å². The zero-order valence-electron chi connectivity index (χ0n) is 10.1. The molecule has 0 spiro atoms. The predicted molar refractivity (Wildman–Crippen MR) is 72.8 cm³/mol. The summed E-state index contributed by atoms with van der Waals surface area (Å²) in [5.74, 6) is 0.585. The van der Waals surface area contributed by atoms with Gasteiger partial charge in [0, 0.05) is 11.3 Å². The van der Waals surface area contributed by atoms with Gasteiger partial charge in [0.2, 0.25) is 5.91 Å². The van der Waals surface area contributed by atoms with E-state index in [1.54, 1.807) is 0 Å². The number of aryl methyl sites for hydroxylation is 1. The molecule has 0 aliphatic heterocycles. The van der Waals surface area contributed by atoms with Crippen molar-refractivity contribution in [1.29, 1.82) is 0 Å². The Hall–Kier alpha value is -1.68. The van der Waals surface area contributed by atoms with Gasteiger partial charge < -0.3 is 5.32 Å². The molecule has 92 valence electrons. The number of anilines is 1. The van der Waals surface area contributed by atoms with Gasteiger partial charge >= 0.3 is 0 Å². The number of amides is 1. The summed E-state index contributed by atoms with van der Waals surface area (Å²) in [6.45, 7) is 1.93. The minimum atomic E-state index is 0.0956. The van der Waals surface area contributed by atoms with Crippen LogP contribution < -0.4 is 5.32 Å². The van der Waals surface area contributed by atoms with Crippen LogP contribution in [0, 0.1) is 12.8 Å². The summed E-state index contributed by atoms with van der Waals surface area (Å²) in [7, 11) is 0. The lowest BCUT2D eigenvalue weighted by molar-refractivity contribution is -0.117. The minimum Gasteiger partial charge on any atom is -0.302 e. The SMILES string of the molecule is Cc1csc(NC(=O)[C@@H]2C[C@@H]2c2ccccc2)n1. The molecule has 2 aromatic rings. The van der Waals surface area contributed by atoms with Crippen LogP contribution >= 0.6 is 11.3 Å². The number of hydrogen-bond donors (Lipinski definition) is 1. The number of nitrogens with one attached hydrogen (secondary N) is 1. The molecule has 1 heterocycles. The highest BCUT2D eigenvalue weighted by Gasteiger charge is 2.43. The zero-order chi connectivity index (χ0) is 12.5. The Bertz CT molecular complexity index is 564. The van der Waals surface area contributed by atoms with Crippen molar-refractivity contribution in [1.82, 2.24) is 4.98 Å². The minimum absolute atomic E-state index is 0.0956. The van der Waals surface area contributed by atoms with E-state index in [2.05, 4.69) is 22.4 Å². The van der Waals surface area contributed by atoms with Gasteiger partial charge in [0.15, 0.2) is 5.13 Å². The Morgan fingerprint density at radius 1 is 1.39 bits per heavy atom. The Kier molecular flexibility index (Phi) is 2.88. The molecule has 1 amide bonds. The van der Waals surface area contributed by atoms with Crippen molar-refractivity contribution in [2.75, 3.05) is 5.32 Å². The van der Waals surface area contributed by atoms with E-state index in [9.17, 15) is 4.79 Å². The number of carbonyl (C=O) groups is 1. The van der Waals surface area contributed by atoms with Crippen molar-refractivity contribution in [2.24, 2.45) is 5.92 Å². The van der Waals surface area contributed by atoms with Crippen molar-refractivity contribution in [2.45, 2.75) is 19.3 Å². The van der Waals surface area contributed by atoms with Crippen LogP contribution in [0.2, 0.25) is 0 Å². The fraction of sp³-hybridized carbons (Fsp3) is 0.286. The molecule has 1 aromatic carbocycles. The first-order valence-electron chi connectivity index (χ1n) is 6.02. The van der Waals surface area contributed by atoms with Gasteiger partial charge in [0.25, 0.3) is 0 Å². The molecule has 4 heteroatoms. The molecule has 3 nitrogen and oxygen atoms in total. The van der Waals surface area contributed by atoms with E-state index >= 15 is 0 Å². The largest absolute Gasteiger partial charge is 0.302 e. The maximum atomic E-state index is 12.0. The molecule has 0 radical (unpaired) electrons. The average molecular weight is 258 g/mol. The second kappa shape index (κ2) is 4.53. The Morgan fingerprint density at radius 3 is 2.83 bits per heavy atom. The van der Waals surface area contributed by atoms with Crippen LogP contribution in [0.1, 0.15) is 23.6 Å². The van der Waals surface area contributed by atoms with Crippen molar-refractivity contribution in [3.8, 4) is 0 Å². The smallest absolute Gasteiger partial charge is 0.229 e. The van der Waals surface area contributed by atoms with Gasteiger partial charge in [-0.25, -0.2) is 4.98 Å². The van der Waals surface area contributed by atoms with Crippen LogP contribution in [0.5, 0.6) is 0 Å². The second-order valence-corrected chi connectivity index (χ2v) is 5.50. The van der Waals surface area contributed by atoms with Crippen molar-refractivity contribution >= 4 is 22.4 Å². The Labute approximate surface area is 110 Å². The number of nitrogens with zero attached hydrogens (tertiary/aromatic N) is 1. The van der Waals surface area contributed by atoms with Crippen molar-refractivity contribution in [3.63, 3.8) is 0 Å². The fourth-order valence-corrected chi connectivity index (χ4v) is 2.85. The molecule has 2 atom stereocenters. The zero-order valence-corrected chi connectivity index (χ0v) is 10.9. The lowest BCUT2D eigenvalue weighted by atomic mass is 10.1. The van der Waals surface area contributed by atoms with Crippen molar-refractivity contribution in [3.05, 3.63) is 47.0 Å². The highest BCUT2D eigenvalue weighted by Crippen LogP contribution is 2.47. The summed E-state index contributed by atoms with van der Waals surface area (Å²) in [6, 6.07) is 10.2. The van der Waals surface area contributed by atoms with Crippen LogP contribution in [0.4, 0.5) is 5.13 Å². The standard InChI is InChI=1S/C14H14N2OS/c1-9-8-18-14(15-9)16-13(17)12-7-11(12)10-5-3-2-4-6-10/h2-6,8,11-12H,7H2,1H3,(H,15,16,17)/t11-,12-/m1/s1. The van der Waals surface area contributed by atoms with Crippen LogP contribution in [0.3, 0.4) is 0 Å². The molecular weight excluding hydrogens is 244 g/mol. The summed E-state index contributed by atoms with van der Waals surface area (Å²) < 4.78 is 0. The lowest BCUT2D eigenvalue weighted by Crippen LogP contribution is -2.14. The molecule has 0 unspecified atom stereocenters. The number of hydrogen-bond acceptors (Lipinski definition) is 3. The topological polar surface area (TPSA) is 42.0 Å². The number of benzene rings is 1. The second-order valence-electron chi connectivity index (χ2n) is 4.64. The molecule has 1 saturated carbocycles. The van der Waals surface area contributed by atoms with E-state index in [4.69, 9.17) is 0 Å². The maximum Gasteiger partial charge on any atom is 0.229 e. The number of carbonyl (C=O) groups excluding carboxylic acids is 1. The quantitative estimate of drug-likeness (QED) is 0.918. The van der Waals surface area contributed by atoms with E-state index < -0.39 is 0 Å². The van der Waals surface area contributed by atoms with Gasteiger partial charge in [-0.15, -0.1) is 11.3 Å². The van der Waals surface area contributed by atoms with Crippen LogP contribution in [-0.4, -0.2) is 10.9 Å². The molecule has 3 rings (SSSR count).